The molecule has 14 nitrogen and oxygen atoms in total. The van der Waals surface area contributed by atoms with E-state index in [2.05, 4.69) is 77.7 Å². The molecule has 328 valence electrons. The van der Waals surface area contributed by atoms with E-state index in [0.29, 0.717) is 50.0 Å². The van der Waals surface area contributed by atoms with Gasteiger partial charge in [0, 0.05) is 67.0 Å². The van der Waals surface area contributed by atoms with Crippen molar-refractivity contribution in [2.24, 2.45) is 5.73 Å². The predicted octanol–water partition coefficient (Wildman–Crippen LogP) is 10.1. The smallest absolute Gasteiger partial charge is 0.358 e. The number of pyridine rings is 2. The second-order valence-corrected chi connectivity index (χ2v) is 19.5. The van der Waals surface area contributed by atoms with Gasteiger partial charge in [0.15, 0.2) is 11.5 Å². The summed E-state index contributed by atoms with van der Waals surface area (Å²) in [5.74, 6) is 0.328. The SMILES string of the molecule is NCc1cc2ccc(Cl)cc2s1.O=C(CCc1cc2ccc(Cl)cc2s1)c1cn(Cc2cn3cc(C4CC4)ccc3n2)nn1.O=C(O)c1cn(Cc2cn3cc(C4CC4)ccc3n2)nn1. The fraction of sp³-hybridized carbons (Fsp3) is 0.234. The number of thiophene rings is 2. The minimum absolute atomic E-state index is 0.00387. The molecular weight excluding hydrogens is 902 g/mol. The molecule has 0 unspecified atom stereocenters. The number of benzene rings is 2. The number of halogens is 2. The number of fused-ring (bicyclic) bond motifs is 4. The van der Waals surface area contributed by atoms with Gasteiger partial charge in [-0.25, -0.2) is 24.1 Å². The number of Topliss-reactive ketones (excluding diaryl/α,β-unsaturated/α-hetero) is 1. The van der Waals surface area contributed by atoms with Crippen molar-refractivity contribution in [1.82, 2.24) is 48.8 Å². The number of aryl methyl sites for hydroxylation is 1. The highest BCUT2D eigenvalue weighted by atomic mass is 35.5. The molecule has 0 atom stereocenters. The van der Waals surface area contributed by atoms with Gasteiger partial charge in [0.2, 0.25) is 0 Å². The van der Waals surface area contributed by atoms with Crippen molar-refractivity contribution >= 4 is 89.1 Å². The van der Waals surface area contributed by atoms with Crippen LogP contribution in [0.2, 0.25) is 10.0 Å². The number of nitrogens with zero attached hydrogens (tertiary/aromatic N) is 10. The van der Waals surface area contributed by atoms with E-state index in [4.69, 9.17) is 34.0 Å². The number of hydrogen-bond acceptors (Lipinski definition) is 11. The molecule has 2 saturated carbocycles. The maximum absolute atomic E-state index is 12.6. The molecular formula is C47H41Cl2N11O3S2. The third-order valence-corrected chi connectivity index (χ3v) is 14.0. The minimum atomic E-state index is -1.08. The third kappa shape index (κ3) is 10.2. The summed E-state index contributed by atoms with van der Waals surface area (Å²) >= 11 is 15.3. The molecule has 65 heavy (non-hydrogen) atoms. The van der Waals surface area contributed by atoms with E-state index in [1.807, 2.05) is 59.3 Å². The van der Waals surface area contributed by atoms with Gasteiger partial charge in [-0.05, 0) is 114 Å². The summed E-state index contributed by atoms with van der Waals surface area (Å²) in [4.78, 5) is 35.0. The summed E-state index contributed by atoms with van der Waals surface area (Å²) in [6, 6.07) is 24.4. The molecule has 2 aliphatic carbocycles. The number of aromatic nitrogens is 10. The van der Waals surface area contributed by atoms with Crippen LogP contribution in [-0.4, -0.2) is 65.6 Å². The molecule has 0 radical (unpaired) electrons. The second kappa shape index (κ2) is 18.3. The Morgan fingerprint density at radius 3 is 1.66 bits per heavy atom. The molecule has 0 saturated heterocycles. The number of carbonyl (C=O) groups is 2. The summed E-state index contributed by atoms with van der Waals surface area (Å²) in [5.41, 5.74) is 12.1. The van der Waals surface area contributed by atoms with Crippen LogP contribution in [0.1, 0.15) is 97.2 Å². The maximum atomic E-state index is 12.6. The first-order valence-corrected chi connectivity index (χ1v) is 23.6. The molecule has 3 N–H and O–H groups in total. The highest BCUT2D eigenvalue weighted by molar-refractivity contribution is 7.19. The van der Waals surface area contributed by atoms with Crippen LogP contribution in [0.4, 0.5) is 0 Å². The van der Waals surface area contributed by atoms with Crippen molar-refractivity contribution in [3.05, 3.63) is 164 Å². The average molecular weight is 943 g/mol. The van der Waals surface area contributed by atoms with E-state index in [-0.39, 0.29) is 11.5 Å². The molecule has 0 amide bonds. The lowest BCUT2D eigenvalue weighted by Gasteiger charge is -1.98. The Hall–Kier alpha value is -6.30. The number of carboxylic acids is 1. The standard InChI is InChI=1S/C24H20ClN5OS.C14H13N5O2.C9H8ClNS/c25-18-5-3-16-9-20(32-23(16)10-18)6-7-22(31)21-14-30(28-27-21)13-19-12-29-11-17(15-1-2-15)4-8-24(29)26-19;20-14(21)12-8-19(17-16-12)7-11-6-18-5-10(9-1-2-9)3-4-13(18)15-11;10-7-2-1-6-3-8(5-11)12-9(6)4-7/h3-5,8-12,14-15H,1-2,6-7,13H2;3-6,8-9H,1-2,7H2,(H,20,21);1-4H,5,11H2. The largest absolute Gasteiger partial charge is 0.476 e. The number of carbonyl (C=O) groups excluding carboxylic acids is 1. The molecule has 0 aliphatic heterocycles. The van der Waals surface area contributed by atoms with Gasteiger partial charge in [-0.3, -0.25) is 4.79 Å². The zero-order valence-corrected chi connectivity index (χ0v) is 37.9. The van der Waals surface area contributed by atoms with Crippen molar-refractivity contribution in [1.29, 1.82) is 0 Å². The summed E-state index contributed by atoms with van der Waals surface area (Å²) in [7, 11) is 0. The second-order valence-electron chi connectivity index (χ2n) is 16.3. The number of imidazole rings is 2. The summed E-state index contributed by atoms with van der Waals surface area (Å²) in [5, 5.41) is 28.4. The zero-order valence-electron chi connectivity index (χ0n) is 34.8. The minimum Gasteiger partial charge on any atom is -0.476 e. The molecule has 2 aliphatic rings. The summed E-state index contributed by atoms with van der Waals surface area (Å²) in [6.07, 6.45) is 17.6. The molecule has 2 aromatic carbocycles. The topological polar surface area (TPSA) is 176 Å². The number of aromatic carboxylic acids is 1. The van der Waals surface area contributed by atoms with Crippen LogP contribution < -0.4 is 5.73 Å². The van der Waals surface area contributed by atoms with E-state index in [1.165, 1.54) is 67.5 Å². The normalized spacial score (nSPS) is 13.6. The Morgan fingerprint density at radius 1 is 0.646 bits per heavy atom. The molecule has 18 heteroatoms. The van der Waals surface area contributed by atoms with Crippen LogP contribution in [0.15, 0.2) is 110 Å². The zero-order chi connectivity index (χ0) is 44.6. The first-order valence-electron chi connectivity index (χ1n) is 21.2. The van der Waals surface area contributed by atoms with E-state index in [1.54, 1.807) is 33.6 Å². The van der Waals surface area contributed by atoms with Gasteiger partial charge in [-0.15, -0.1) is 32.9 Å². The van der Waals surface area contributed by atoms with Gasteiger partial charge in [-0.2, -0.15) is 0 Å². The fourth-order valence-corrected chi connectivity index (χ4v) is 10.2. The molecule has 0 spiro atoms. The van der Waals surface area contributed by atoms with Gasteiger partial charge in [0.25, 0.3) is 0 Å². The van der Waals surface area contributed by atoms with E-state index in [0.717, 1.165) is 42.8 Å². The highest BCUT2D eigenvalue weighted by Crippen LogP contribution is 2.41. The lowest BCUT2D eigenvalue weighted by atomic mass is 10.1. The number of rotatable bonds is 12. The molecule has 8 aromatic heterocycles. The summed E-state index contributed by atoms with van der Waals surface area (Å²) < 4.78 is 9.60. The Bertz CT molecular complexity index is 3360. The Kier molecular flexibility index (Phi) is 12.0. The van der Waals surface area contributed by atoms with E-state index >= 15 is 0 Å². The van der Waals surface area contributed by atoms with E-state index in [9.17, 15) is 9.59 Å². The molecule has 0 bridgehead atoms. The van der Waals surface area contributed by atoms with Gasteiger partial charge in [0.05, 0.1) is 36.9 Å². The Morgan fingerprint density at radius 2 is 1.15 bits per heavy atom. The fourth-order valence-electron chi connectivity index (χ4n) is 7.61. The molecule has 2 fully saturated rings. The van der Waals surface area contributed by atoms with Crippen molar-refractivity contribution in [3.63, 3.8) is 0 Å². The monoisotopic (exact) mass is 941 g/mol. The highest BCUT2D eigenvalue weighted by Gasteiger charge is 2.25. The van der Waals surface area contributed by atoms with Crippen LogP contribution in [0.3, 0.4) is 0 Å². The first-order chi connectivity index (χ1) is 31.6. The third-order valence-electron chi connectivity index (χ3n) is 11.2. The van der Waals surface area contributed by atoms with Crippen LogP contribution in [0.25, 0.3) is 31.5 Å². The van der Waals surface area contributed by atoms with Gasteiger partial charge in [-0.1, -0.05) is 57.9 Å². The first kappa shape index (κ1) is 42.6. The van der Waals surface area contributed by atoms with Crippen molar-refractivity contribution in [2.75, 3.05) is 0 Å². The van der Waals surface area contributed by atoms with Crippen molar-refractivity contribution in [2.45, 2.75) is 70.0 Å². The van der Waals surface area contributed by atoms with Crippen LogP contribution >= 0.6 is 45.9 Å². The number of ketones is 1. The predicted molar refractivity (Wildman–Crippen MR) is 254 cm³/mol. The van der Waals surface area contributed by atoms with Gasteiger partial charge >= 0.3 is 5.97 Å². The molecule has 12 rings (SSSR count). The van der Waals surface area contributed by atoms with Crippen LogP contribution in [0.5, 0.6) is 0 Å². The Balaban J connectivity index is 0.000000129. The van der Waals surface area contributed by atoms with Crippen molar-refractivity contribution < 1.29 is 14.7 Å². The number of hydrogen-bond donors (Lipinski definition) is 2. The van der Waals surface area contributed by atoms with Crippen LogP contribution in [-0.2, 0) is 26.1 Å². The summed E-state index contributed by atoms with van der Waals surface area (Å²) in [6.45, 7) is 1.50. The van der Waals surface area contributed by atoms with Crippen molar-refractivity contribution in [3.8, 4) is 0 Å². The average Bonchev–Trinajstić information content (AvgIpc) is 3.89. The number of carboxylic acid groups (broad SMARTS) is 1. The lowest BCUT2D eigenvalue weighted by molar-refractivity contribution is 0.0690. The number of nitrogens with two attached hydrogens (primary N) is 1. The van der Waals surface area contributed by atoms with Crippen LogP contribution in [0, 0.1) is 0 Å². The maximum Gasteiger partial charge on any atom is 0.358 e. The van der Waals surface area contributed by atoms with E-state index < -0.39 is 5.97 Å². The molecule has 8 heterocycles. The lowest BCUT2D eigenvalue weighted by Crippen LogP contribution is -2.02. The quantitative estimate of drug-likeness (QED) is 0.112. The van der Waals surface area contributed by atoms with Gasteiger partial charge in [0.1, 0.15) is 17.0 Å². The van der Waals surface area contributed by atoms with Gasteiger partial charge < -0.3 is 19.6 Å². The molecule has 10 aromatic rings. The Labute approximate surface area is 389 Å².